The monoisotopic (exact) mass is 377 g/mol. The van der Waals surface area contributed by atoms with E-state index in [0.717, 1.165) is 16.6 Å². The maximum Gasteiger partial charge on any atom is 0.326 e. The molecule has 0 N–H and O–H groups in total. The molecule has 3 amide bonds. The molecule has 0 aliphatic carbocycles. The van der Waals surface area contributed by atoms with E-state index < -0.39 is 0 Å². The zero-order valence-corrected chi connectivity index (χ0v) is 16.2. The van der Waals surface area contributed by atoms with Crippen molar-refractivity contribution in [2.45, 2.75) is 38.0 Å². The van der Waals surface area contributed by atoms with Crippen LogP contribution in [0.25, 0.3) is 11.6 Å². The molecule has 0 radical (unpaired) electrons. The van der Waals surface area contributed by atoms with Gasteiger partial charge in [-0.15, -0.1) is 10.2 Å². The van der Waals surface area contributed by atoms with Gasteiger partial charge in [-0.3, -0.25) is 14.3 Å². The molecule has 8 nitrogen and oxygen atoms in total. The summed E-state index contributed by atoms with van der Waals surface area (Å²) in [7, 11) is 3.24. The molecule has 26 heavy (non-hydrogen) atoms. The van der Waals surface area contributed by atoms with Gasteiger partial charge in [0.15, 0.2) is 16.7 Å². The summed E-state index contributed by atoms with van der Waals surface area (Å²) in [6.07, 6.45) is 1.93. The third-order valence-electron chi connectivity index (χ3n) is 4.33. The van der Waals surface area contributed by atoms with Crippen LogP contribution in [0.4, 0.5) is 4.79 Å². The number of carbonyl (C=O) groups excluding carboxylic acids is 2. The molecule has 0 bridgehead atoms. The number of hydrogen-bond donors (Lipinski definition) is 0. The number of furan rings is 1. The SMILES string of the molecule is CC(C)Cn1c(SCC2CC(=O)N(C)C(=O)N2C)nnc1-c1ccco1. The molecule has 2 aromatic rings. The molecule has 1 aliphatic rings. The van der Waals surface area contributed by atoms with Crippen molar-refractivity contribution in [2.75, 3.05) is 19.8 Å². The van der Waals surface area contributed by atoms with Gasteiger partial charge in [-0.2, -0.15) is 0 Å². The lowest BCUT2D eigenvalue weighted by atomic mass is 10.1. The van der Waals surface area contributed by atoms with E-state index in [1.165, 1.54) is 18.8 Å². The van der Waals surface area contributed by atoms with Crippen LogP contribution in [0, 0.1) is 5.92 Å². The molecular weight excluding hydrogens is 354 g/mol. The Kier molecular flexibility index (Phi) is 5.36. The Hall–Kier alpha value is -2.29. The Balaban J connectivity index is 1.77. The lowest BCUT2D eigenvalue weighted by Crippen LogP contribution is -2.54. The van der Waals surface area contributed by atoms with Crippen LogP contribution in [-0.4, -0.2) is 62.4 Å². The van der Waals surface area contributed by atoms with Crippen molar-refractivity contribution < 1.29 is 14.0 Å². The van der Waals surface area contributed by atoms with Crippen molar-refractivity contribution in [1.82, 2.24) is 24.6 Å². The van der Waals surface area contributed by atoms with Gasteiger partial charge in [0.1, 0.15) is 0 Å². The molecule has 0 aromatic carbocycles. The van der Waals surface area contributed by atoms with Crippen molar-refractivity contribution >= 4 is 23.7 Å². The first kappa shape index (κ1) is 18.5. The predicted molar refractivity (Wildman–Crippen MR) is 97.6 cm³/mol. The minimum absolute atomic E-state index is 0.154. The molecule has 0 spiro atoms. The Bertz CT molecular complexity index is 786. The van der Waals surface area contributed by atoms with E-state index in [1.807, 2.05) is 16.7 Å². The van der Waals surface area contributed by atoms with Gasteiger partial charge in [0, 0.05) is 32.8 Å². The fraction of sp³-hybridized carbons (Fsp3) is 0.529. The number of aromatic nitrogens is 3. The number of hydrogen-bond acceptors (Lipinski definition) is 6. The second kappa shape index (κ2) is 7.53. The van der Waals surface area contributed by atoms with E-state index >= 15 is 0 Å². The van der Waals surface area contributed by atoms with Crippen LogP contribution in [0.1, 0.15) is 20.3 Å². The van der Waals surface area contributed by atoms with Gasteiger partial charge < -0.3 is 9.32 Å². The van der Waals surface area contributed by atoms with E-state index in [-0.39, 0.29) is 18.0 Å². The van der Waals surface area contributed by atoms with Gasteiger partial charge in [0.05, 0.1) is 12.3 Å². The summed E-state index contributed by atoms with van der Waals surface area (Å²) in [5.74, 6) is 2.20. The van der Waals surface area contributed by atoms with Crippen LogP contribution in [0.5, 0.6) is 0 Å². The molecule has 9 heteroatoms. The molecule has 1 aliphatic heterocycles. The van der Waals surface area contributed by atoms with Crippen molar-refractivity contribution in [3.8, 4) is 11.6 Å². The maximum atomic E-state index is 12.1. The number of imide groups is 1. The summed E-state index contributed by atoms with van der Waals surface area (Å²) in [4.78, 5) is 26.9. The number of carbonyl (C=O) groups is 2. The average Bonchev–Trinajstić information content (AvgIpc) is 3.24. The molecule has 0 saturated carbocycles. The lowest BCUT2D eigenvalue weighted by Gasteiger charge is -2.36. The van der Waals surface area contributed by atoms with Gasteiger partial charge in [0.2, 0.25) is 5.91 Å². The fourth-order valence-electron chi connectivity index (χ4n) is 2.83. The first-order chi connectivity index (χ1) is 12.4. The van der Waals surface area contributed by atoms with Gasteiger partial charge >= 0.3 is 6.03 Å². The van der Waals surface area contributed by atoms with E-state index in [2.05, 4.69) is 24.0 Å². The van der Waals surface area contributed by atoms with E-state index in [4.69, 9.17) is 4.42 Å². The largest absolute Gasteiger partial charge is 0.461 e. The Morgan fingerprint density at radius 1 is 1.31 bits per heavy atom. The zero-order valence-electron chi connectivity index (χ0n) is 15.4. The molecule has 1 saturated heterocycles. The second-order valence-electron chi connectivity index (χ2n) is 6.80. The summed E-state index contributed by atoms with van der Waals surface area (Å²) < 4.78 is 7.51. The topological polar surface area (TPSA) is 84.5 Å². The van der Waals surface area contributed by atoms with E-state index in [0.29, 0.717) is 29.7 Å². The van der Waals surface area contributed by atoms with Crippen LogP contribution in [-0.2, 0) is 11.3 Å². The molecule has 3 heterocycles. The number of nitrogens with zero attached hydrogens (tertiary/aromatic N) is 5. The number of rotatable bonds is 6. The summed E-state index contributed by atoms with van der Waals surface area (Å²) in [5, 5.41) is 9.35. The normalized spacial score (nSPS) is 18.3. The summed E-state index contributed by atoms with van der Waals surface area (Å²) in [6, 6.07) is 3.25. The van der Waals surface area contributed by atoms with Crippen LogP contribution in [0.3, 0.4) is 0 Å². The third-order valence-corrected chi connectivity index (χ3v) is 5.44. The Labute approximate surface area is 156 Å². The van der Waals surface area contributed by atoms with Crippen LogP contribution < -0.4 is 0 Å². The van der Waals surface area contributed by atoms with E-state index in [9.17, 15) is 9.59 Å². The van der Waals surface area contributed by atoms with Crippen LogP contribution in [0.2, 0.25) is 0 Å². The van der Waals surface area contributed by atoms with Crippen LogP contribution in [0.15, 0.2) is 28.0 Å². The molecule has 1 atom stereocenters. The lowest BCUT2D eigenvalue weighted by molar-refractivity contribution is -0.130. The highest BCUT2D eigenvalue weighted by atomic mass is 32.2. The van der Waals surface area contributed by atoms with Crippen molar-refractivity contribution in [3.05, 3.63) is 18.4 Å². The van der Waals surface area contributed by atoms with Gasteiger partial charge in [-0.1, -0.05) is 25.6 Å². The molecule has 1 fully saturated rings. The van der Waals surface area contributed by atoms with Crippen molar-refractivity contribution in [3.63, 3.8) is 0 Å². The van der Waals surface area contributed by atoms with E-state index in [1.54, 1.807) is 18.2 Å². The smallest absolute Gasteiger partial charge is 0.326 e. The Morgan fingerprint density at radius 2 is 2.08 bits per heavy atom. The Morgan fingerprint density at radius 3 is 2.73 bits per heavy atom. The highest BCUT2D eigenvalue weighted by Crippen LogP contribution is 2.28. The molecule has 1 unspecified atom stereocenters. The summed E-state index contributed by atoms with van der Waals surface area (Å²) >= 11 is 1.51. The molecule has 140 valence electrons. The predicted octanol–water partition coefficient (Wildman–Crippen LogP) is 2.57. The van der Waals surface area contributed by atoms with Crippen molar-refractivity contribution in [2.24, 2.45) is 5.92 Å². The second-order valence-corrected chi connectivity index (χ2v) is 7.79. The van der Waals surface area contributed by atoms with Crippen LogP contribution >= 0.6 is 11.8 Å². The minimum atomic E-state index is -0.272. The molecule has 2 aromatic heterocycles. The highest BCUT2D eigenvalue weighted by Gasteiger charge is 2.34. The number of thioether (sulfide) groups is 1. The fourth-order valence-corrected chi connectivity index (χ4v) is 3.93. The standard InChI is InChI=1S/C17H23N5O3S/c1-11(2)9-22-15(13-6-5-7-25-13)18-19-16(22)26-10-12-8-14(23)21(4)17(24)20(12)3/h5-7,11-12H,8-10H2,1-4H3. The zero-order chi connectivity index (χ0) is 18.8. The number of urea groups is 1. The summed E-state index contributed by atoms with van der Waals surface area (Å²) in [5.41, 5.74) is 0. The average molecular weight is 377 g/mol. The first-order valence-corrected chi connectivity index (χ1v) is 9.50. The van der Waals surface area contributed by atoms with Gasteiger partial charge in [-0.25, -0.2) is 4.79 Å². The first-order valence-electron chi connectivity index (χ1n) is 8.51. The quantitative estimate of drug-likeness (QED) is 0.720. The maximum absolute atomic E-state index is 12.1. The van der Waals surface area contributed by atoms with Gasteiger partial charge in [0.25, 0.3) is 0 Å². The van der Waals surface area contributed by atoms with Crippen molar-refractivity contribution in [1.29, 1.82) is 0 Å². The minimum Gasteiger partial charge on any atom is -0.461 e. The number of amides is 3. The molecular formula is C17H23N5O3S. The van der Waals surface area contributed by atoms with Gasteiger partial charge in [-0.05, 0) is 18.1 Å². The third kappa shape index (κ3) is 3.62. The summed E-state index contributed by atoms with van der Waals surface area (Å²) in [6.45, 7) is 5.01. The highest BCUT2D eigenvalue weighted by molar-refractivity contribution is 7.99. The molecule has 3 rings (SSSR count).